The SMILES string of the molecule is NCC#Cc1ccc(CSCc2ccc(Cl)cc2)c(F)c1. The van der Waals surface area contributed by atoms with Gasteiger partial charge in [-0.15, -0.1) is 0 Å². The summed E-state index contributed by atoms with van der Waals surface area (Å²) in [7, 11) is 0. The van der Waals surface area contributed by atoms with Crippen molar-refractivity contribution >= 4 is 23.4 Å². The molecule has 0 aromatic heterocycles. The predicted octanol–water partition coefficient (Wildman–Crippen LogP) is 4.22. The second-order valence-corrected chi connectivity index (χ2v) is 5.85. The zero-order valence-electron chi connectivity index (χ0n) is 11.4. The summed E-state index contributed by atoms with van der Waals surface area (Å²) >= 11 is 7.50. The maximum absolute atomic E-state index is 13.9. The van der Waals surface area contributed by atoms with E-state index in [1.54, 1.807) is 17.8 Å². The van der Waals surface area contributed by atoms with Crippen molar-refractivity contribution in [2.24, 2.45) is 5.73 Å². The molecule has 2 aromatic carbocycles. The van der Waals surface area contributed by atoms with Gasteiger partial charge in [-0.25, -0.2) is 4.39 Å². The average Bonchev–Trinajstić information content (AvgIpc) is 2.49. The summed E-state index contributed by atoms with van der Waals surface area (Å²) in [5.41, 5.74) is 7.82. The van der Waals surface area contributed by atoms with Gasteiger partial charge in [-0.3, -0.25) is 0 Å². The number of thioether (sulfide) groups is 1. The number of hydrogen-bond acceptors (Lipinski definition) is 2. The molecular weight excluding hydrogens is 305 g/mol. The van der Waals surface area contributed by atoms with Gasteiger partial charge in [-0.05, 0) is 35.4 Å². The Labute approximate surface area is 133 Å². The Morgan fingerprint density at radius 3 is 2.52 bits per heavy atom. The average molecular weight is 320 g/mol. The molecule has 21 heavy (non-hydrogen) atoms. The highest BCUT2D eigenvalue weighted by molar-refractivity contribution is 7.97. The summed E-state index contributed by atoms with van der Waals surface area (Å²) in [5, 5.41) is 0.726. The van der Waals surface area contributed by atoms with E-state index in [4.69, 9.17) is 17.3 Å². The zero-order chi connectivity index (χ0) is 15.1. The van der Waals surface area contributed by atoms with Crippen LogP contribution in [0.25, 0.3) is 0 Å². The second-order valence-electron chi connectivity index (χ2n) is 4.43. The van der Waals surface area contributed by atoms with Crippen LogP contribution in [0.1, 0.15) is 16.7 Å². The number of benzene rings is 2. The Kier molecular flexibility index (Phi) is 6.13. The highest BCUT2D eigenvalue weighted by Crippen LogP contribution is 2.21. The van der Waals surface area contributed by atoms with Crippen molar-refractivity contribution in [2.45, 2.75) is 11.5 Å². The monoisotopic (exact) mass is 319 g/mol. The normalized spacial score (nSPS) is 10.0. The molecule has 0 unspecified atom stereocenters. The molecule has 108 valence electrons. The molecule has 0 fully saturated rings. The van der Waals surface area contributed by atoms with E-state index in [1.807, 2.05) is 30.3 Å². The maximum Gasteiger partial charge on any atom is 0.128 e. The van der Waals surface area contributed by atoms with Gasteiger partial charge in [0.15, 0.2) is 0 Å². The van der Waals surface area contributed by atoms with Gasteiger partial charge in [0.2, 0.25) is 0 Å². The zero-order valence-corrected chi connectivity index (χ0v) is 13.0. The van der Waals surface area contributed by atoms with Crippen LogP contribution in [0, 0.1) is 17.7 Å². The second kappa shape index (κ2) is 8.09. The molecule has 0 saturated carbocycles. The molecule has 4 heteroatoms. The third-order valence-electron chi connectivity index (χ3n) is 2.83. The molecule has 0 aliphatic heterocycles. The smallest absolute Gasteiger partial charge is 0.128 e. The van der Waals surface area contributed by atoms with Crippen LogP contribution in [0.4, 0.5) is 4.39 Å². The molecule has 0 atom stereocenters. The topological polar surface area (TPSA) is 26.0 Å². The van der Waals surface area contributed by atoms with E-state index in [0.717, 1.165) is 10.8 Å². The van der Waals surface area contributed by atoms with Crippen molar-refractivity contribution in [3.8, 4) is 11.8 Å². The fraction of sp³-hybridized carbons (Fsp3) is 0.176. The van der Waals surface area contributed by atoms with Gasteiger partial charge in [0.1, 0.15) is 5.82 Å². The van der Waals surface area contributed by atoms with Crippen LogP contribution in [0.15, 0.2) is 42.5 Å². The quantitative estimate of drug-likeness (QED) is 0.854. The Hall–Kier alpha value is -1.47. The molecule has 0 spiro atoms. The molecule has 0 radical (unpaired) electrons. The molecule has 2 aromatic rings. The van der Waals surface area contributed by atoms with Gasteiger partial charge in [0, 0.05) is 22.1 Å². The van der Waals surface area contributed by atoms with E-state index in [1.165, 1.54) is 11.6 Å². The molecule has 0 saturated heterocycles. The van der Waals surface area contributed by atoms with Crippen molar-refractivity contribution < 1.29 is 4.39 Å². The molecule has 0 heterocycles. The first-order valence-electron chi connectivity index (χ1n) is 6.48. The van der Waals surface area contributed by atoms with E-state index in [-0.39, 0.29) is 12.4 Å². The highest BCUT2D eigenvalue weighted by Gasteiger charge is 2.03. The van der Waals surface area contributed by atoms with Crippen LogP contribution in [0.2, 0.25) is 5.02 Å². The van der Waals surface area contributed by atoms with Gasteiger partial charge in [-0.1, -0.05) is 41.6 Å². The van der Waals surface area contributed by atoms with E-state index in [2.05, 4.69) is 11.8 Å². The fourth-order valence-corrected chi connectivity index (χ4v) is 2.86. The van der Waals surface area contributed by atoms with Crippen molar-refractivity contribution in [3.05, 3.63) is 70.0 Å². The van der Waals surface area contributed by atoms with Crippen molar-refractivity contribution in [2.75, 3.05) is 6.54 Å². The summed E-state index contributed by atoms with van der Waals surface area (Å²) in [6, 6.07) is 12.8. The molecule has 0 aliphatic rings. The maximum atomic E-state index is 13.9. The van der Waals surface area contributed by atoms with Crippen LogP contribution >= 0.6 is 23.4 Å². The first-order valence-corrected chi connectivity index (χ1v) is 8.02. The third-order valence-corrected chi connectivity index (χ3v) is 4.13. The summed E-state index contributed by atoms with van der Waals surface area (Å²) in [5.74, 6) is 6.77. The van der Waals surface area contributed by atoms with Gasteiger partial charge < -0.3 is 5.73 Å². The lowest BCUT2D eigenvalue weighted by atomic mass is 10.1. The van der Waals surface area contributed by atoms with Crippen LogP contribution in [-0.2, 0) is 11.5 Å². The predicted molar refractivity (Wildman–Crippen MR) is 88.8 cm³/mol. The molecule has 0 aliphatic carbocycles. The highest BCUT2D eigenvalue weighted by atomic mass is 35.5. The number of halogens is 2. The lowest BCUT2D eigenvalue weighted by Crippen LogP contribution is -1.94. The largest absolute Gasteiger partial charge is 0.320 e. The Balaban J connectivity index is 1.92. The molecule has 1 nitrogen and oxygen atoms in total. The van der Waals surface area contributed by atoms with Crippen molar-refractivity contribution in [3.63, 3.8) is 0 Å². The standard InChI is InChI=1S/C17H15ClFNS/c18-16-7-4-14(5-8-16)11-21-12-15-6-3-13(2-1-9-20)10-17(15)19/h3-8,10H,9,11-12,20H2. The van der Waals surface area contributed by atoms with Crippen LogP contribution in [0.5, 0.6) is 0 Å². The van der Waals surface area contributed by atoms with E-state index >= 15 is 0 Å². The number of hydrogen-bond donors (Lipinski definition) is 1. The van der Waals surface area contributed by atoms with E-state index in [9.17, 15) is 4.39 Å². The Morgan fingerprint density at radius 1 is 1.10 bits per heavy atom. The van der Waals surface area contributed by atoms with Gasteiger partial charge in [-0.2, -0.15) is 11.8 Å². The van der Waals surface area contributed by atoms with Crippen molar-refractivity contribution in [1.29, 1.82) is 0 Å². The summed E-state index contributed by atoms with van der Waals surface area (Å²) < 4.78 is 13.9. The summed E-state index contributed by atoms with van der Waals surface area (Å²) in [6.07, 6.45) is 0. The van der Waals surface area contributed by atoms with E-state index < -0.39 is 0 Å². The molecule has 0 amide bonds. The van der Waals surface area contributed by atoms with Crippen LogP contribution in [0.3, 0.4) is 0 Å². The number of rotatable bonds is 4. The Morgan fingerprint density at radius 2 is 1.86 bits per heavy atom. The number of nitrogens with two attached hydrogens (primary N) is 1. The molecule has 2 N–H and O–H groups in total. The first kappa shape index (κ1) is 15.9. The summed E-state index contributed by atoms with van der Waals surface area (Å²) in [6.45, 7) is 0.278. The first-order chi connectivity index (χ1) is 10.2. The van der Waals surface area contributed by atoms with Crippen molar-refractivity contribution in [1.82, 2.24) is 0 Å². The lowest BCUT2D eigenvalue weighted by molar-refractivity contribution is 0.617. The van der Waals surface area contributed by atoms with Crippen LogP contribution < -0.4 is 5.73 Å². The minimum absolute atomic E-state index is 0.220. The minimum atomic E-state index is -0.220. The third kappa shape index (κ3) is 5.09. The van der Waals surface area contributed by atoms with Gasteiger partial charge >= 0.3 is 0 Å². The molecular formula is C17H15ClFNS. The van der Waals surface area contributed by atoms with Gasteiger partial charge in [0.05, 0.1) is 6.54 Å². The van der Waals surface area contributed by atoms with Gasteiger partial charge in [0.25, 0.3) is 0 Å². The summed E-state index contributed by atoms with van der Waals surface area (Å²) in [4.78, 5) is 0. The molecule has 0 bridgehead atoms. The Bertz CT molecular complexity index is 659. The fourth-order valence-electron chi connectivity index (χ4n) is 1.75. The molecule has 2 rings (SSSR count). The van der Waals surface area contributed by atoms with Crippen LogP contribution in [-0.4, -0.2) is 6.54 Å². The lowest BCUT2D eigenvalue weighted by Gasteiger charge is -2.04. The van der Waals surface area contributed by atoms with E-state index in [0.29, 0.717) is 16.9 Å². The minimum Gasteiger partial charge on any atom is -0.320 e.